The standard InChI is InChI=1S/C14H20N4O2/c1-18-7-6-16-14(18)11(17-15)8-10-4-5-12(19-2)13(9-10)20-3/h4-7,9,11,17H,8,15H2,1-3H3. The summed E-state index contributed by atoms with van der Waals surface area (Å²) in [5, 5.41) is 0. The average molecular weight is 276 g/mol. The van der Waals surface area contributed by atoms with Crippen LogP contribution in [-0.2, 0) is 13.5 Å². The number of aryl methyl sites for hydroxylation is 1. The summed E-state index contributed by atoms with van der Waals surface area (Å²) in [6.07, 6.45) is 4.37. The van der Waals surface area contributed by atoms with Crippen LogP contribution in [0.25, 0.3) is 0 Å². The van der Waals surface area contributed by atoms with Gasteiger partial charge in [-0.15, -0.1) is 0 Å². The molecule has 0 aliphatic rings. The van der Waals surface area contributed by atoms with Gasteiger partial charge in [-0.3, -0.25) is 5.84 Å². The lowest BCUT2D eigenvalue weighted by Gasteiger charge is -2.17. The Morgan fingerprint density at radius 2 is 2.05 bits per heavy atom. The summed E-state index contributed by atoms with van der Waals surface area (Å²) in [5.74, 6) is 7.96. The van der Waals surface area contributed by atoms with E-state index in [4.69, 9.17) is 15.3 Å². The first-order valence-corrected chi connectivity index (χ1v) is 6.33. The molecule has 0 aliphatic carbocycles. The highest BCUT2D eigenvalue weighted by atomic mass is 16.5. The van der Waals surface area contributed by atoms with Crippen molar-refractivity contribution in [3.05, 3.63) is 42.0 Å². The smallest absolute Gasteiger partial charge is 0.160 e. The number of rotatable bonds is 6. The summed E-state index contributed by atoms with van der Waals surface area (Å²) in [6.45, 7) is 0. The van der Waals surface area contributed by atoms with Crippen LogP contribution in [-0.4, -0.2) is 23.8 Å². The number of hydrogen-bond donors (Lipinski definition) is 2. The van der Waals surface area contributed by atoms with E-state index in [0.29, 0.717) is 17.9 Å². The molecule has 0 saturated carbocycles. The predicted octanol–water partition coefficient (Wildman–Crippen LogP) is 1.18. The highest BCUT2D eigenvalue weighted by molar-refractivity contribution is 5.43. The third kappa shape index (κ3) is 2.92. The van der Waals surface area contributed by atoms with Crippen LogP contribution in [0.2, 0.25) is 0 Å². The first-order valence-electron chi connectivity index (χ1n) is 6.33. The van der Waals surface area contributed by atoms with Crippen LogP contribution < -0.4 is 20.7 Å². The maximum atomic E-state index is 5.65. The Bertz CT molecular complexity index is 568. The van der Waals surface area contributed by atoms with Gasteiger partial charge in [-0.2, -0.15) is 0 Å². The number of nitrogens with two attached hydrogens (primary N) is 1. The minimum atomic E-state index is -0.0619. The van der Waals surface area contributed by atoms with Crippen LogP contribution in [0.4, 0.5) is 0 Å². The number of nitrogens with zero attached hydrogens (tertiary/aromatic N) is 2. The van der Waals surface area contributed by atoms with E-state index in [-0.39, 0.29) is 6.04 Å². The molecule has 0 amide bonds. The number of aromatic nitrogens is 2. The molecule has 1 unspecified atom stereocenters. The molecule has 0 fully saturated rings. The quantitative estimate of drug-likeness (QED) is 0.612. The van der Waals surface area contributed by atoms with Gasteiger partial charge < -0.3 is 14.0 Å². The molecule has 0 aliphatic heterocycles. The molecule has 3 N–H and O–H groups in total. The number of nitrogens with one attached hydrogen (secondary N) is 1. The lowest BCUT2D eigenvalue weighted by atomic mass is 10.1. The summed E-state index contributed by atoms with van der Waals surface area (Å²) in [4.78, 5) is 4.32. The second-order valence-electron chi connectivity index (χ2n) is 4.51. The van der Waals surface area contributed by atoms with E-state index in [0.717, 1.165) is 11.4 Å². The molecule has 2 aromatic rings. The van der Waals surface area contributed by atoms with Gasteiger partial charge in [0, 0.05) is 19.4 Å². The van der Waals surface area contributed by atoms with Gasteiger partial charge in [0.25, 0.3) is 0 Å². The van der Waals surface area contributed by atoms with Crippen molar-refractivity contribution < 1.29 is 9.47 Å². The fourth-order valence-corrected chi connectivity index (χ4v) is 2.18. The van der Waals surface area contributed by atoms with Gasteiger partial charge in [0.15, 0.2) is 11.5 Å². The van der Waals surface area contributed by atoms with Crippen LogP contribution >= 0.6 is 0 Å². The molecule has 1 aromatic heterocycles. The summed E-state index contributed by atoms with van der Waals surface area (Å²) in [6, 6.07) is 5.77. The van der Waals surface area contributed by atoms with Crippen molar-refractivity contribution in [3.8, 4) is 11.5 Å². The van der Waals surface area contributed by atoms with Crippen molar-refractivity contribution in [1.82, 2.24) is 15.0 Å². The Morgan fingerprint density at radius 1 is 1.30 bits per heavy atom. The molecule has 0 spiro atoms. The SMILES string of the molecule is COc1ccc(CC(NN)c2nccn2C)cc1OC. The molecule has 1 aromatic carbocycles. The number of ether oxygens (including phenoxy) is 2. The topological polar surface area (TPSA) is 74.3 Å². The van der Waals surface area contributed by atoms with E-state index in [2.05, 4.69) is 10.4 Å². The number of hydrogen-bond acceptors (Lipinski definition) is 5. The molecule has 20 heavy (non-hydrogen) atoms. The summed E-state index contributed by atoms with van der Waals surface area (Å²) >= 11 is 0. The molecular formula is C14H20N4O2. The van der Waals surface area contributed by atoms with Crippen LogP contribution in [0.5, 0.6) is 11.5 Å². The predicted molar refractivity (Wildman–Crippen MR) is 76.5 cm³/mol. The number of imidazole rings is 1. The Kier molecular flexibility index (Phi) is 4.60. The Hall–Kier alpha value is -2.05. The summed E-state index contributed by atoms with van der Waals surface area (Å²) in [5.41, 5.74) is 3.90. The van der Waals surface area contributed by atoms with E-state index in [1.54, 1.807) is 20.4 Å². The molecule has 108 valence electrons. The van der Waals surface area contributed by atoms with E-state index >= 15 is 0 Å². The van der Waals surface area contributed by atoms with Crippen LogP contribution in [0.1, 0.15) is 17.4 Å². The van der Waals surface area contributed by atoms with Gasteiger partial charge in [0.05, 0.1) is 20.3 Å². The Morgan fingerprint density at radius 3 is 2.60 bits per heavy atom. The monoisotopic (exact) mass is 276 g/mol. The van der Waals surface area contributed by atoms with Crippen molar-refractivity contribution in [3.63, 3.8) is 0 Å². The zero-order valence-corrected chi connectivity index (χ0v) is 12.0. The Balaban J connectivity index is 2.22. The lowest BCUT2D eigenvalue weighted by molar-refractivity contribution is 0.354. The van der Waals surface area contributed by atoms with Crippen LogP contribution in [0.15, 0.2) is 30.6 Å². The third-order valence-electron chi connectivity index (χ3n) is 3.26. The fraction of sp³-hybridized carbons (Fsp3) is 0.357. The van der Waals surface area contributed by atoms with Crippen molar-refractivity contribution >= 4 is 0 Å². The van der Waals surface area contributed by atoms with Gasteiger partial charge in [0.2, 0.25) is 0 Å². The van der Waals surface area contributed by atoms with E-state index in [1.807, 2.05) is 36.0 Å². The second kappa shape index (κ2) is 6.40. The second-order valence-corrected chi connectivity index (χ2v) is 4.51. The van der Waals surface area contributed by atoms with Gasteiger partial charge >= 0.3 is 0 Å². The third-order valence-corrected chi connectivity index (χ3v) is 3.26. The fourth-order valence-electron chi connectivity index (χ4n) is 2.18. The average Bonchev–Trinajstić information content (AvgIpc) is 2.90. The molecule has 1 heterocycles. The zero-order valence-electron chi connectivity index (χ0n) is 12.0. The van der Waals surface area contributed by atoms with Crippen molar-refractivity contribution in [2.24, 2.45) is 12.9 Å². The van der Waals surface area contributed by atoms with Gasteiger partial charge in [-0.1, -0.05) is 6.07 Å². The molecule has 0 bridgehead atoms. The highest BCUT2D eigenvalue weighted by Crippen LogP contribution is 2.29. The van der Waals surface area contributed by atoms with E-state index in [9.17, 15) is 0 Å². The van der Waals surface area contributed by atoms with Crippen LogP contribution in [0, 0.1) is 0 Å². The molecular weight excluding hydrogens is 256 g/mol. The maximum absolute atomic E-state index is 5.65. The lowest BCUT2D eigenvalue weighted by Crippen LogP contribution is -2.31. The van der Waals surface area contributed by atoms with Crippen molar-refractivity contribution in [1.29, 1.82) is 0 Å². The zero-order chi connectivity index (χ0) is 14.5. The van der Waals surface area contributed by atoms with Crippen LogP contribution in [0.3, 0.4) is 0 Å². The number of hydrazine groups is 1. The molecule has 0 saturated heterocycles. The molecule has 6 nitrogen and oxygen atoms in total. The van der Waals surface area contributed by atoms with Gasteiger partial charge in [-0.25, -0.2) is 10.4 Å². The van der Waals surface area contributed by atoms with E-state index < -0.39 is 0 Å². The molecule has 6 heteroatoms. The number of methoxy groups -OCH3 is 2. The summed E-state index contributed by atoms with van der Waals surface area (Å²) < 4.78 is 12.5. The highest BCUT2D eigenvalue weighted by Gasteiger charge is 2.16. The molecule has 0 radical (unpaired) electrons. The largest absolute Gasteiger partial charge is 0.493 e. The molecule has 2 rings (SSSR count). The normalized spacial score (nSPS) is 12.2. The Labute approximate surface area is 118 Å². The maximum Gasteiger partial charge on any atom is 0.160 e. The minimum absolute atomic E-state index is 0.0619. The minimum Gasteiger partial charge on any atom is -0.493 e. The first kappa shape index (κ1) is 14.4. The molecule has 1 atom stereocenters. The van der Waals surface area contributed by atoms with Crippen molar-refractivity contribution in [2.45, 2.75) is 12.5 Å². The van der Waals surface area contributed by atoms with Gasteiger partial charge in [0.1, 0.15) is 5.82 Å². The van der Waals surface area contributed by atoms with E-state index in [1.165, 1.54) is 0 Å². The van der Waals surface area contributed by atoms with Crippen molar-refractivity contribution in [2.75, 3.05) is 14.2 Å². The number of benzene rings is 1. The first-order chi connectivity index (χ1) is 9.69. The summed E-state index contributed by atoms with van der Waals surface area (Å²) in [7, 11) is 5.19. The van der Waals surface area contributed by atoms with Gasteiger partial charge in [-0.05, 0) is 24.1 Å².